The zero-order chi connectivity index (χ0) is 30.6. The van der Waals surface area contributed by atoms with Gasteiger partial charge in [-0.25, -0.2) is 9.97 Å². The highest BCUT2D eigenvalue weighted by Gasteiger charge is 2.38. The molecule has 1 aliphatic rings. The van der Waals surface area contributed by atoms with Crippen LogP contribution in [0.25, 0.3) is 82.6 Å². The van der Waals surface area contributed by atoms with Crippen molar-refractivity contribution in [1.82, 2.24) is 14.5 Å². The van der Waals surface area contributed by atoms with Crippen LogP contribution in [0.5, 0.6) is 0 Å². The van der Waals surface area contributed by atoms with Gasteiger partial charge in [-0.2, -0.15) is 0 Å². The molecule has 3 heteroatoms. The van der Waals surface area contributed by atoms with Crippen molar-refractivity contribution < 1.29 is 0 Å². The van der Waals surface area contributed by atoms with Gasteiger partial charge in [-0.1, -0.05) is 135 Å². The predicted octanol–water partition coefficient (Wildman–Crippen LogP) is 11.0. The summed E-state index contributed by atoms with van der Waals surface area (Å²) in [6.07, 6.45) is 0. The lowest BCUT2D eigenvalue weighted by Crippen LogP contribution is -2.17. The number of benzene rings is 7. The largest absolute Gasteiger partial charge is 0.292 e. The summed E-state index contributed by atoms with van der Waals surface area (Å²) in [5.41, 5.74) is 11.2. The van der Waals surface area contributed by atoms with Crippen molar-refractivity contribution in [2.75, 3.05) is 0 Å². The summed E-state index contributed by atoms with van der Waals surface area (Å²) >= 11 is 0. The topological polar surface area (TPSA) is 30.7 Å². The van der Waals surface area contributed by atoms with Crippen LogP contribution in [0, 0.1) is 0 Å². The SMILES string of the molecule is CC1(C)c2ccccc2-c2ccc3c4cc5ccccc5cc4n(-c4nc5c(ccc6ccccc65)nc4-c4ccccc4)c3c21. The number of aromatic nitrogens is 3. The van der Waals surface area contributed by atoms with Crippen molar-refractivity contribution in [3.63, 3.8) is 0 Å². The molecule has 0 saturated carbocycles. The van der Waals surface area contributed by atoms with Crippen LogP contribution in [-0.2, 0) is 5.41 Å². The van der Waals surface area contributed by atoms with Crippen molar-refractivity contribution >= 4 is 54.4 Å². The van der Waals surface area contributed by atoms with E-state index < -0.39 is 0 Å². The fraction of sp³-hybridized carbons (Fsp3) is 0.0698. The fourth-order valence-electron chi connectivity index (χ4n) is 7.99. The maximum Gasteiger partial charge on any atom is 0.165 e. The van der Waals surface area contributed by atoms with Gasteiger partial charge in [0.25, 0.3) is 0 Å². The zero-order valence-corrected chi connectivity index (χ0v) is 25.6. The van der Waals surface area contributed by atoms with E-state index in [2.05, 4.69) is 158 Å². The highest BCUT2D eigenvalue weighted by molar-refractivity contribution is 6.17. The molecule has 0 radical (unpaired) electrons. The molecule has 1 aliphatic carbocycles. The minimum absolute atomic E-state index is 0.207. The maximum absolute atomic E-state index is 5.63. The third kappa shape index (κ3) is 3.37. The summed E-state index contributed by atoms with van der Waals surface area (Å²) in [7, 11) is 0. The Morgan fingerprint density at radius 3 is 2.11 bits per heavy atom. The van der Waals surface area contributed by atoms with Crippen molar-refractivity contribution in [2.24, 2.45) is 0 Å². The van der Waals surface area contributed by atoms with Crippen LogP contribution in [0.1, 0.15) is 25.0 Å². The van der Waals surface area contributed by atoms with Gasteiger partial charge in [0.1, 0.15) is 5.69 Å². The molecule has 0 amide bonds. The van der Waals surface area contributed by atoms with Crippen LogP contribution in [0.3, 0.4) is 0 Å². The lowest BCUT2D eigenvalue weighted by atomic mass is 9.81. The lowest BCUT2D eigenvalue weighted by molar-refractivity contribution is 0.663. The van der Waals surface area contributed by atoms with Gasteiger partial charge in [0, 0.05) is 27.1 Å². The van der Waals surface area contributed by atoms with E-state index >= 15 is 0 Å². The van der Waals surface area contributed by atoms with E-state index in [0.717, 1.165) is 44.4 Å². The van der Waals surface area contributed by atoms with E-state index in [9.17, 15) is 0 Å². The summed E-state index contributed by atoms with van der Waals surface area (Å²) in [4.78, 5) is 11.0. The van der Waals surface area contributed by atoms with Crippen LogP contribution in [-0.4, -0.2) is 14.5 Å². The Labute approximate surface area is 266 Å². The number of fused-ring (bicyclic) bond motifs is 11. The zero-order valence-electron chi connectivity index (χ0n) is 25.6. The van der Waals surface area contributed by atoms with Gasteiger partial charge in [-0.05, 0) is 56.6 Å². The summed E-state index contributed by atoms with van der Waals surface area (Å²) in [6.45, 7) is 4.74. The van der Waals surface area contributed by atoms with Crippen molar-refractivity contribution in [3.8, 4) is 28.2 Å². The second-order valence-electron chi connectivity index (χ2n) is 13.0. The summed E-state index contributed by atoms with van der Waals surface area (Å²) in [5, 5.41) is 7.17. The molecule has 9 aromatic rings. The first-order valence-electron chi connectivity index (χ1n) is 15.9. The quantitative estimate of drug-likeness (QED) is 0.188. The van der Waals surface area contributed by atoms with E-state index in [1.807, 2.05) is 0 Å². The molecule has 0 fully saturated rings. The minimum Gasteiger partial charge on any atom is -0.292 e. The number of hydrogen-bond acceptors (Lipinski definition) is 2. The van der Waals surface area contributed by atoms with Crippen LogP contribution in [0.4, 0.5) is 0 Å². The monoisotopic (exact) mass is 587 g/mol. The van der Waals surface area contributed by atoms with Gasteiger partial charge in [0.15, 0.2) is 5.82 Å². The average Bonchev–Trinajstić information content (AvgIpc) is 3.54. The molecule has 2 aromatic heterocycles. The molecule has 3 nitrogen and oxygen atoms in total. The van der Waals surface area contributed by atoms with Gasteiger partial charge in [-0.3, -0.25) is 4.57 Å². The van der Waals surface area contributed by atoms with Crippen molar-refractivity contribution in [3.05, 3.63) is 151 Å². The summed E-state index contributed by atoms with van der Waals surface area (Å²) < 4.78 is 2.43. The molecule has 0 bridgehead atoms. The van der Waals surface area contributed by atoms with Gasteiger partial charge >= 0.3 is 0 Å². The molecular weight excluding hydrogens is 558 g/mol. The molecule has 2 heterocycles. The van der Waals surface area contributed by atoms with Crippen molar-refractivity contribution in [2.45, 2.75) is 19.3 Å². The second-order valence-corrected chi connectivity index (χ2v) is 13.0. The Kier molecular flexibility index (Phi) is 5.06. The first kappa shape index (κ1) is 25.5. The predicted molar refractivity (Wildman–Crippen MR) is 192 cm³/mol. The Hall–Kier alpha value is -5.80. The average molecular weight is 588 g/mol. The van der Waals surface area contributed by atoms with Crippen LogP contribution < -0.4 is 0 Å². The van der Waals surface area contributed by atoms with Crippen molar-refractivity contribution in [1.29, 1.82) is 0 Å². The molecule has 0 spiro atoms. The lowest BCUT2D eigenvalue weighted by Gasteiger charge is -2.24. The Bertz CT molecular complexity index is 2720. The van der Waals surface area contributed by atoms with Gasteiger partial charge in [0.05, 0.1) is 22.1 Å². The normalized spacial score (nSPS) is 13.6. The molecule has 7 aromatic carbocycles. The molecule has 0 aliphatic heterocycles. The van der Waals surface area contributed by atoms with Crippen LogP contribution in [0.15, 0.2) is 140 Å². The van der Waals surface area contributed by atoms with Gasteiger partial charge < -0.3 is 0 Å². The molecule has 0 atom stereocenters. The number of hydrogen-bond donors (Lipinski definition) is 0. The third-order valence-corrected chi connectivity index (χ3v) is 10.1. The number of rotatable bonds is 2. The fourth-order valence-corrected chi connectivity index (χ4v) is 7.99. The molecule has 216 valence electrons. The van der Waals surface area contributed by atoms with E-state index in [4.69, 9.17) is 9.97 Å². The first-order chi connectivity index (χ1) is 22.6. The maximum atomic E-state index is 5.63. The molecule has 0 unspecified atom stereocenters. The molecule has 0 N–H and O–H groups in total. The van der Waals surface area contributed by atoms with Crippen LogP contribution >= 0.6 is 0 Å². The van der Waals surface area contributed by atoms with Gasteiger partial charge in [-0.15, -0.1) is 0 Å². The second kappa shape index (κ2) is 9.12. The number of nitrogens with zero attached hydrogens (tertiary/aromatic N) is 3. The molecular formula is C43H29N3. The molecule has 46 heavy (non-hydrogen) atoms. The van der Waals surface area contributed by atoms with Gasteiger partial charge in [0.2, 0.25) is 0 Å². The molecule has 10 rings (SSSR count). The first-order valence-corrected chi connectivity index (χ1v) is 15.9. The standard InChI is InChI=1S/C43H29N3/c1-43(2)35-19-11-10-18-31(35)32-21-22-33-34-24-28-15-6-7-16-29(28)25-37(34)46(41(33)38(32)43)42-39(27-13-4-3-5-14-27)44-36-23-20-26-12-8-9-17-30(26)40(36)45-42/h3-25H,1-2H3. The van der Waals surface area contributed by atoms with E-state index in [1.54, 1.807) is 0 Å². The summed E-state index contributed by atoms with van der Waals surface area (Å²) in [5.74, 6) is 0.852. The van der Waals surface area contributed by atoms with Crippen LogP contribution in [0.2, 0.25) is 0 Å². The smallest absolute Gasteiger partial charge is 0.165 e. The Balaban J connectivity index is 1.45. The third-order valence-electron chi connectivity index (χ3n) is 10.1. The van der Waals surface area contributed by atoms with E-state index in [1.165, 1.54) is 49.3 Å². The minimum atomic E-state index is -0.207. The highest BCUT2D eigenvalue weighted by atomic mass is 15.1. The van der Waals surface area contributed by atoms with E-state index in [-0.39, 0.29) is 5.41 Å². The Morgan fingerprint density at radius 1 is 0.543 bits per heavy atom. The Morgan fingerprint density at radius 2 is 1.26 bits per heavy atom. The highest BCUT2D eigenvalue weighted by Crippen LogP contribution is 2.53. The molecule has 0 saturated heterocycles. The van der Waals surface area contributed by atoms with E-state index in [0.29, 0.717) is 0 Å². The summed E-state index contributed by atoms with van der Waals surface area (Å²) in [6, 6.07) is 50.2.